The van der Waals surface area contributed by atoms with Crippen LogP contribution < -0.4 is 15.5 Å². The lowest BCUT2D eigenvalue weighted by Crippen LogP contribution is -2.29. The van der Waals surface area contributed by atoms with E-state index in [1.165, 1.54) is 12.8 Å². The fourth-order valence-corrected chi connectivity index (χ4v) is 3.38. The number of benzene rings is 1. The summed E-state index contributed by atoms with van der Waals surface area (Å²) >= 11 is 11.9. The molecule has 0 unspecified atom stereocenters. The van der Waals surface area contributed by atoms with Crippen LogP contribution in [0.5, 0.6) is 0 Å². The third-order valence-corrected chi connectivity index (χ3v) is 4.69. The molecule has 0 radical (unpaired) electrons. The van der Waals surface area contributed by atoms with Gasteiger partial charge in [0.2, 0.25) is 0 Å². The van der Waals surface area contributed by atoms with Crippen molar-refractivity contribution >= 4 is 40.7 Å². The Bertz CT molecular complexity index is 793. The van der Waals surface area contributed by atoms with E-state index < -0.39 is 0 Å². The Kier molecular flexibility index (Phi) is 6.16. The molecule has 1 aliphatic rings. The minimum atomic E-state index is -0.231. The Hall–Kier alpha value is -2.05. The molecule has 2 heterocycles. The fourth-order valence-electron chi connectivity index (χ4n) is 2.89. The number of rotatable bonds is 6. The Morgan fingerprint density at radius 2 is 1.92 bits per heavy atom. The number of carbonyl (C=O) groups excluding carboxylic acids is 1. The van der Waals surface area contributed by atoms with E-state index in [1.807, 2.05) is 13.0 Å². The van der Waals surface area contributed by atoms with Crippen LogP contribution in [-0.4, -0.2) is 42.1 Å². The number of nitrogens with one attached hydrogen (secondary N) is 2. The van der Waals surface area contributed by atoms with Crippen molar-refractivity contribution in [3.63, 3.8) is 0 Å². The molecule has 1 saturated heterocycles. The highest BCUT2D eigenvalue weighted by Gasteiger charge is 2.15. The molecule has 1 aliphatic heterocycles. The van der Waals surface area contributed by atoms with Gasteiger partial charge in [0.15, 0.2) is 0 Å². The van der Waals surface area contributed by atoms with Crippen molar-refractivity contribution in [2.45, 2.75) is 19.8 Å². The monoisotopic (exact) mass is 393 g/mol. The van der Waals surface area contributed by atoms with Gasteiger partial charge in [-0.05, 0) is 38.0 Å². The molecular weight excluding hydrogens is 373 g/mol. The van der Waals surface area contributed by atoms with Crippen LogP contribution in [0.3, 0.4) is 0 Å². The van der Waals surface area contributed by atoms with Gasteiger partial charge in [0.1, 0.15) is 17.5 Å². The molecule has 0 atom stereocenters. The summed E-state index contributed by atoms with van der Waals surface area (Å²) in [5.41, 5.74) is 0.408. The molecule has 1 amide bonds. The highest BCUT2D eigenvalue weighted by Crippen LogP contribution is 2.21. The maximum atomic E-state index is 12.2. The van der Waals surface area contributed by atoms with Crippen molar-refractivity contribution in [3.05, 3.63) is 45.7 Å². The quantitative estimate of drug-likeness (QED) is 0.734. The first kappa shape index (κ1) is 18.7. The molecule has 1 aromatic heterocycles. The van der Waals surface area contributed by atoms with Crippen LogP contribution in [0, 0.1) is 6.92 Å². The lowest BCUT2D eigenvalue weighted by molar-refractivity contribution is 0.0955. The van der Waals surface area contributed by atoms with Gasteiger partial charge in [-0.1, -0.05) is 23.2 Å². The Labute approximate surface area is 162 Å². The van der Waals surface area contributed by atoms with E-state index in [9.17, 15) is 4.79 Å². The zero-order chi connectivity index (χ0) is 18.5. The predicted octanol–water partition coefficient (Wildman–Crippen LogP) is 3.53. The summed E-state index contributed by atoms with van der Waals surface area (Å²) in [6.07, 6.45) is 2.40. The van der Waals surface area contributed by atoms with Crippen LogP contribution >= 0.6 is 23.2 Å². The second-order valence-corrected chi connectivity index (χ2v) is 7.00. The predicted molar refractivity (Wildman–Crippen MR) is 106 cm³/mol. The van der Waals surface area contributed by atoms with Gasteiger partial charge in [-0.2, -0.15) is 0 Å². The molecule has 2 aromatic rings. The first-order chi connectivity index (χ1) is 12.5. The number of hydrogen-bond donors (Lipinski definition) is 2. The Morgan fingerprint density at radius 3 is 2.65 bits per heavy atom. The zero-order valence-corrected chi connectivity index (χ0v) is 16.1. The average Bonchev–Trinajstić information content (AvgIpc) is 3.13. The summed E-state index contributed by atoms with van der Waals surface area (Å²) in [6.45, 7) is 4.95. The number of halogens is 2. The summed E-state index contributed by atoms with van der Waals surface area (Å²) in [5, 5.41) is 6.90. The Morgan fingerprint density at radius 1 is 1.15 bits per heavy atom. The first-order valence-electron chi connectivity index (χ1n) is 8.61. The van der Waals surface area contributed by atoms with Gasteiger partial charge in [-0.3, -0.25) is 4.79 Å². The molecular formula is C18H21Cl2N5O. The molecule has 1 aromatic carbocycles. The van der Waals surface area contributed by atoms with Crippen molar-refractivity contribution in [1.82, 2.24) is 15.3 Å². The van der Waals surface area contributed by atoms with E-state index in [1.54, 1.807) is 18.2 Å². The van der Waals surface area contributed by atoms with Crippen molar-refractivity contribution in [1.29, 1.82) is 0 Å². The summed E-state index contributed by atoms with van der Waals surface area (Å²) in [4.78, 5) is 23.4. The minimum absolute atomic E-state index is 0.231. The molecule has 0 bridgehead atoms. The fraction of sp³-hybridized carbons (Fsp3) is 0.389. The van der Waals surface area contributed by atoms with E-state index >= 15 is 0 Å². The summed E-state index contributed by atoms with van der Waals surface area (Å²) < 4.78 is 0. The smallest absolute Gasteiger partial charge is 0.252 e. The van der Waals surface area contributed by atoms with E-state index in [-0.39, 0.29) is 5.91 Å². The molecule has 2 N–H and O–H groups in total. The van der Waals surface area contributed by atoms with Crippen molar-refractivity contribution in [2.75, 3.05) is 36.4 Å². The molecule has 0 aliphatic carbocycles. The van der Waals surface area contributed by atoms with Crippen LogP contribution in [0.1, 0.15) is 29.0 Å². The van der Waals surface area contributed by atoms with Crippen LogP contribution in [0.25, 0.3) is 0 Å². The topological polar surface area (TPSA) is 70.2 Å². The number of anilines is 2. The maximum Gasteiger partial charge on any atom is 0.252 e. The lowest BCUT2D eigenvalue weighted by Gasteiger charge is -2.17. The van der Waals surface area contributed by atoms with Crippen LogP contribution in [0.2, 0.25) is 10.0 Å². The standard InChI is InChI=1S/C18H21Cl2N5O/c1-12-23-16(11-17(24-12)25-8-2-3-9-25)21-6-7-22-18(26)14-5-4-13(19)10-15(14)20/h4-5,10-11H,2-3,6-9H2,1H3,(H,22,26)(H,21,23,24). The molecule has 0 spiro atoms. The number of aromatic nitrogens is 2. The number of amides is 1. The maximum absolute atomic E-state index is 12.2. The molecule has 26 heavy (non-hydrogen) atoms. The van der Waals surface area contributed by atoms with Gasteiger partial charge in [-0.15, -0.1) is 0 Å². The molecule has 8 heteroatoms. The van der Waals surface area contributed by atoms with E-state index in [0.717, 1.165) is 30.5 Å². The number of nitrogens with zero attached hydrogens (tertiary/aromatic N) is 3. The average molecular weight is 394 g/mol. The third kappa shape index (κ3) is 4.77. The SMILES string of the molecule is Cc1nc(NCCNC(=O)c2ccc(Cl)cc2Cl)cc(N2CCCC2)n1. The number of hydrogen-bond acceptors (Lipinski definition) is 5. The van der Waals surface area contributed by atoms with Gasteiger partial charge in [0, 0.05) is 37.3 Å². The van der Waals surface area contributed by atoms with Gasteiger partial charge >= 0.3 is 0 Å². The van der Waals surface area contributed by atoms with Gasteiger partial charge in [-0.25, -0.2) is 9.97 Å². The highest BCUT2D eigenvalue weighted by molar-refractivity contribution is 6.36. The molecule has 138 valence electrons. The number of aryl methyl sites for hydroxylation is 1. The summed E-state index contributed by atoms with van der Waals surface area (Å²) in [6, 6.07) is 6.77. The molecule has 6 nitrogen and oxygen atoms in total. The van der Waals surface area contributed by atoms with Gasteiger partial charge in [0.05, 0.1) is 10.6 Å². The lowest BCUT2D eigenvalue weighted by atomic mass is 10.2. The Balaban J connectivity index is 1.52. The van der Waals surface area contributed by atoms with Gasteiger partial charge < -0.3 is 15.5 Å². The molecule has 0 saturated carbocycles. The van der Waals surface area contributed by atoms with E-state index in [0.29, 0.717) is 28.7 Å². The minimum Gasteiger partial charge on any atom is -0.368 e. The second kappa shape index (κ2) is 8.56. The third-order valence-electron chi connectivity index (χ3n) is 4.15. The first-order valence-corrected chi connectivity index (χ1v) is 9.36. The van der Waals surface area contributed by atoms with E-state index in [4.69, 9.17) is 23.2 Å². The normalized spacial score (nSPS) is 13.7. The van der Waals surface area contributed by atoms with Crippen LogP contribution in [0.15, 0.2) is 24.3 Å². The van der Waals surface area contributed by atoms with Gasteiger partial charge in [0.25, 0.3) is 5.91 Å². The molecule has 1 fully saturated rings. The van der Waals surface area contributed by atoms with Crippen molar-refractivity contribution in [2.24, 2.45) is 0 Å². The summed E-state index contributed by atoms with van der Waals surface area (Å²) in [5.74, 6) is 2.21. The summed E-state index contributed by atoms with van der Waals surface area (Å²) in [7, 11) is 0. The largest absolute Gasteiger partial charge is 0.368 e. The zero-order valence-electron chi connectivity index (χ0n) is 14.6. The molecule has 3 rings (SSSR count). The van der Waals surface area contributed by atoms with Crippen LogP contribution in [-0.2, 0) is 0 Å². The van der Waals surface area contributed by atoms with Crippen molar-refractivity contribution in [3.8, 4) is 0 Å². The second-order valence-electron chi connectivity index (χ2n) is 6.16. The van der Waals surface area contributed by atoms with E-state index in [2.05, 4.69) is 25.5 Å². The van der Waals surface area contributed by atoms with Crippen molar-refractivity contribution < 1.29 is 4.79 Å². The van der Waals surface area contributed by atoms with Crippen LogP contribution in [0.4, 0.5) is 11.6 Å². The highest BCUT2D eigenvalue weighted by atomic mass is 35.5. The number of carbonyl (C=O) groups is 1.